The number of rotatable bonds is 6. The molecule has 1 N–H and O–H groups in total. The van der Waals surface area contributed by atoms with Crippen LogP contribution in [0.1, 0.15) is 24.0 Å². The van der Waals surface area contributed by atoms with Gasteiger partial charge in [0, 0.05) is 47.7 Å². The van der Waals surface area contributed by atoms with Gasteiger partial charge in [-0.25, -0.2) is 4.98 Å². The molecule has 1 fully saturated rings. The molecule has 9 heteroatoms. The highest BCUT2D eigenvalue weighted by molar-refractivity contribution is 7.14. The van der Waals surface area contributed by atoms with Crippen molar-refractivity contribution in [2.24, 2.45) is 5.92 Å². The molecule has 174 valence electrons. The second-order valence-electron chi connectivity index (χ2n) is 8.13. The molecule has 1 aliphatic heterocycles. The number of nitro groups is 1. The normalized spacial score (nSPS) is 14.3. The number of amides is 2. The molecule has 2 aromatic carbocycles. The van der Waals surface area contributed by atoms with Crippen LogP contribution in [-0.4, -0.2) is 39.7 Å². The summed E-state index contributed by atoms with van der Waals surface area (Å²) in [5.41, 5.74) is 2.79. The second kappa shape index (κ2) is 10.4. The third-order valence-corrected chi connectivity index (χ3v) is 6.59. The van der Waals surface area contributed by atoms with Crippen molar-refractivity contribution in [1.29, 1.82) is 0 Å². The quantitative estimate of drug-likeness (QED) is 0.309. The number of thiazole rings is 1. The Morgan fingerprint density at radius 1 is 1.18 bits per heavy atom. The van der Waals surface area contributed by atoms with Gasteiger partial charge in [-0.2, -0.15) is 0 Å². The number of nitro benzene ring substituents is 1. The zero-order valence-electron chi connectivity index (χ0n) is 18.6. The van der Waals surface area contributed by atoms with Crippen molar-refractivity contribution in [1.82, 2.24) is 9.88 Å². The van der Waals surface area contributed by atoms with Crippen molar-refractivity contribution in [3.63, 3.8) is 0 Å². The maximum Gasteiger partial charge on any atom is 0.272 e. The van der Waals surface area contributed by atoms with Crippen LogP contribution in [0.5, 0.6) is 0 Å². The van der Waals surface area contributed by atoms with E-state index in [1.165, 1.54) is 17.4 Å². The molecule has 0 bridgehead atoms. The molecule has 2 amide bonds. The Bertz CT molecular complexity index is 1230. The van der Waals surface area contributed by atoms with Gasteiger partial charge in [0.1, 0.15) is 0 Å². The zero-order valence-corrected chi connectivity index (χ0v) is 19.5. The number of anilines is 1. The lowest BCUT2D eigenvalue weighted by Gasteiger charge is -2.30. The van der Waals surface area contributed by atoms with E-state index in [-0.39, 0.29) is 23.4 Å². The first kappa shape index (κ1) is 23.3. The van der Waals surface area contributed by atoms with Crippen molar-refractivity contribution in [3.8, 4) is 11.3 Å². The van der Waals surface area contributed by atoms with E-state index < -0.39 is 4.92 Å². The molecule has 0 saturated carbocycles. The van der Waals surface area contributed by atoms with Gasteiger partial charge in [0.05, 0.1) is 10.6 Å². The molecular weight excluding hydrogens is 452 g/mol. The molecule has 0 spiro atoms. The number of hydrogen-bond donors (Lipinski definition) is 1. The molecule has 0 radical (unpaired) electrons. The number of benzene rings is 2. The highest BCUT2D eigenvalue weighted by Gasteiger charge is 2.27. The molecule has 3 aromatic rings. The highest BCUT2D eigenvalue weighted by atomic mass is 32.1. The third kappa shape index (κ3) is 5.55. The summed E-state index contributed by atoms with van der Waals surface area (Å²) in [6.45, 7) is 2.73. The Kier molecular flexibility index (Phi) is 7.12. The van der Waals surface area contributed by atoms with Gasteiger partial charge < -0.3 is 10.2 Å². The molecule has 34 heavy (non-hydrogen) atoms. The summed E-state index contributed by atoms with van der Waals surface area (Å²) in [6, 6.07) is 14.6. The van der Waals surface area contributed by atoms with Gasteiger partial charge in [0.15, 0.2) is 5.13 Å². The Balaban J connectivity index is 1.31. The molecule has 0 aliphatic carbocycles. The molecule has 1 saturated heterocycles. The van der Waals surface area contributed by atoms with Crippen molar-refractivity contribution < 1.29 is 14.5 Å². The van der Waals surface area contributed by atoms with E-state index in [0.717, 1.165) is 5.56 Å². The van der Waals surface area contributed by atoms with Gasteiger partial charge in [-0.05, 0) is 31.4 Å². The number of aryl methyl sites for hydroxylation is 1. The summed E-state index contributed by atoms with van der Waals surface area (Å²) in [7, 11) is 0. The number of likely N-dealkylation sites (tertiary alicyclic amines) is 1. The largest absolute Gasteiger partial charge is 0.339 e. The van der Waals surface area contributed by atoms with Crippen molar-refractivity contribution in [2.75, 3.05) is 18.4 Å². The first-order valence-corrected chi connectivity index (χ1v) is 11.8. The lowest BCUT2D eigenvalue weighted by molar-refractivity contribution is -0.385. The highest BCUT2D eigenvalue weighted by Crippen LogP contribution is 2.30. The smallest absolute Gasteiger partial charge is 0.272 e. The average molecular weight is 477 g/mol. The van der Waals surface area contributed by atoms with Crippen LogP contribution in [0.15, 0.2) is 60.0 Å². The van der Waals surface area contributed by atoms with E-state index in [4.69, 9.17) is 0 Å². The molecule has 2 heterocycles. The molecule has 1 aliphatic rings. The van der Waals surface area contributed by atoms with E-state index in [1.807, 2.05) is 30.3 Å². The second-order valence-corrected chi connectivity index (χ2v) is 8.99. The monoisotopic (exact) mass is 476 g/mol. The summed E-state index contributed by atoms with van der Waals surface area (Å²) in [5, 5.41) is 16.3. The molecule has 0 atom stereocenters. The molecule has 0 unspecified atom stereocenters. The van der Waals surface area contributed by atoms with Crippen molar-refractivity contribution in [2.45, 2.75) is 19.8 Å². The van der Waals surface area contributed by atoms with Gasteiger partial charge in [-0.3, -0.25) is 19.7 Å². The number of carbonyl (C=O) groups is 2. The SMILES string of the molecule is Cc1ccc(-c2csc(NC(=O)C3CCN(C(=O)/C=C/c4ccccc4)CC3)n2)cc1[N+](=O)[O-]. The predicted octanol–water partition coefficient (Wildman–Crippen LogP) is 4.92. The van der Waals surface area contributed by atoms with Crippen LogP contribution in [0, 0.1) is 23.0 Å². The average Bonchev–Trinajstić information content (AvgIpc) is 3.31. The standard InChI is InChI=1S/C25H24N4O4S/c1-17-7-9-20(15-22(17)29(32)33)21-16-34-25(26-21)27-24(31)19-11-13-28(14-12-19)23(30)10-8-18-5-3-2-4-6-18/h2-10,15-16,19H,11-14H2,1H3,(H,26,27,31)/b10-8+. The number of hydrogen-bond acceptors (Lipinski definition) is 6. The first-order chi connectivity index (χ1) is 16.4. The lowest BCUT2D eigenvalue weighted by Crippen LogP contribution is -2.40. The minimum atomic E-state index is -0.414. The molecule has 1 aromatic heterocycles. The minimum absolute atomic E-state index is 0.0380. The lowest BCUT2D eigenvalue weighted by atomic mass is 9.96. The zero-order chi connectivity index (χ0) is 24.1. The topological polar surface area (TPSA) is 105 Å². The van der Waals surface area contributed by atoms with E-state index in [9.17, 15) is 19.7 Å². The maximum absolute atomic E-state index is 12.7. The van der Waals surface area contributed by atoms with E-state index >= 15 is 0 Å². The fraction of sp³-hybridized carbons (Fsp3) is 0.240. The van der Waals surface area contributed by atoms with Crippen molar-refractivity contribution >= 4 is 40.0 Å². The van der Waals surface area contributed by atoms with E-state index in [0.29, 0.717) is 47.9 Å². The van der Waals surface area contributed by atoms with Gasteiger partial charge in [0.25, 0.3) is 5.69 Å². The van der Waals surface area contributed by atoms with Crippen LogP contribution < -0.4 is 5.32 Å². The van der Waals surface area contributed by atoms with Gasteiger partial charge in [-0.1, -0.05) is 42.5 Å². The van der Waals surface area contributed by atoms with Gasteiger partial charge in [-0.15, -0.1) is 11.3 Å². The molecule has 8 nitrogen and oxygen atoms in total. The van der Waals surface area contributed by atoms with Gasteiger partial charge >= 0.3 is 0 Å². The minimum Gasteiger partial charge on any atom is -0.339 e. The first-order valence-electron chi connectivity index (χ1n) is 10.9. The van der Waals surface area contributed by atoms with Crippen LogP contribution in [0.25, 0.3) is 17.3 Å². The van der Waals surface area contributed by atoms with E-state index in [1.54, 1.807) is 41.5 Å². The Morgan fingerprint density at radius 2 is 1.91 bits per heavy atom. The Morgan fingerprint density at radius 3 is 2.62 bits per heavy atom. The number of nitrogens with zero attached hydrogens (tertiary/aromatic N) is 3. The summed E-state index contributed by atoms with van der Waals surface area (Å²) in [4.78, 5) is 42.2. The van der Waals surface area contributed by atoms with Gasteiger partial charge in [0.2, 0.25) is 11.8 Å². The summed E-state index contributed by atoms with van der Waals surface area (Å²) in [6.07, 6.45) is 4.53. The summed E-state index contributed by atoms with van der Waals surface area (Å²) in [5.74, 6) is -0.378. The summed E-state index contributed by atoms with van der Waals surface area (Å²) >= 11 is 1.28. The van der Waals surface area contributed by atoms with Crippen LogP contribution in [-0.2, 0) is 9.59 Å². The third-order valence-electron chi connectivity index (χ3n) is 5.83. The fourth-order valence-corrected chi connectivity index (χ4v) is 4.56. The maximum atomic E-state index is 12.7. The number of piperidine rings is 1. The van der Waals surface area contributed by atoms with E-state index in [2.05, 4.69) is 10.3 Å². The summed E-state index contributed by atoms with van der Waals surface area (Å²) < 4.78 is 0. The molecular formula is C25H24N4O4S. The van der Waals surface area contributed by atoms with Crippen LogP contribution in [0.2, 0.25) is 0 Å². The molecule has 4 rings (SSSR count). The Labute approximate surface area is 201 Å². The van der Waals surface area contributed by atoms with Crippen molar-refractivity contribution in [3.05, 3.63) is 81.2 Å². The number of carbonyl (C=O) groups excluding carboxylic acids is 2. The number of aromatic nitrogens is 1. The predicted molar refractivity (Wildman–Crippen MR) is 132 cm³/mol. The Hall–Kier alpha value is -3.85. The number of nitrogens with one attached hydrogen (secondary N) is 1. The van der Waals surface area contributed by atoms with Crippen LogP contribution >= 0.6 is 11.3 Å². The fourth-order valence-electron chi connectivity index (χ4n) is 3.84. The van der Waals surface area contributed by atoms with Crippen LogP contribution in [0.4, 0.5) is 10.8 Å². The van der Waals surface area contributed by atoms with Crippen LogP contribution in [0.3, 0.4) is 0 Å².